The number of likely N-dealkylation sites (tertiary alicyclic amines) is 1. The Morgan fingerprint density at radius 2 is 1.64 bits per heavy atom. The van der Waals surface area contributed by atoms with Crippen molar-refractivity contribution in [1.29, 1.82) is 0 Å². The highest BCUT2D eigenvalue weighted by molar-refractivity contribution is 6.02. The molecule has 1 unspecified atom stereocenters. The van der Waals surface area contributed by atoms with E-state index in [9.17, 15) is 9.59 Å². The lowest BCUT2D eigenvalue weighted by Crippen LogP contribution is -2.55. The van der Waals surface area contributed by atoms with Gasteiger partial charge in [0, 0.05) is 12.1 Å². The second-order valence-electron chi connectivity index (χ2n) is 6.19. The Morgan fingerprint density at radius 1 is 1.04 bits per heavy atom. The van der Waals surface area contributed by atoms with E-state index < -0.39 is 18.1 Å². The van der Waals surface area contributed by atoms with Crippen molar-refractivity contribution in [3.8, 4) is 0 Å². The smallest absolute Gasteiger partial charge is 0.410 e. The molecule has 0 radical (unpaired) electrons. The number of carbonyl (C=O) groups excluding carboxylic acids is 1. The van der Waals surface area contributed by atoms with Crippen LogP contribution < -0.4 is 0 Å². The molecule has 0 spiro atoms. The molecule has 0 saturated carbocycles. The number of carbonyl (C=O) groups is 2. The number of hydrogen-bond acceptors (Lipinski definition) is 3. The summed E-state index contributed by atoms with van der Waals surface area (Å²) in [6.45, 7) is 0.537. The summed E-state index contributed by atoms with van der Waals surface area (Å²) in [5.41, 5.74) is 0.939. The van der Waals surface area contributed by atoms with E-state index in [0.29, 0.717) is 13.0 Å². The summed E-state index contributed by atoms with van der Waals surface area (Å²) in [5, 5.41) is 13.3. The summed E-state index contributed by atoms with van der Waals surface area (Å²) in [7, 11) is 0. The lowest BCUT2D eigenvalue weighted by Gasteiger charge is -2.36. The molecule has 1 aliphatic heterocycles. The quantitative estimate of drug-likeness (QED) is 0.740. The summed E-state index contributed by atoms with van der Waals surface area (Å²) in [6.07, 6.45) is -0.0996. The molecule has 1 fully saturated rings. The molecule has 1 atom stereocenters. The molecule has 3 aromatic rings. The first-order valence-electron chi connectivity index (χ1n) is 8.21. The zero-order valence-electron chi connectivity index (χ0n) is 13.5. The van der Waals surface area contributed by atoms with Gasteiger partial charge in [-0.1, -0.05) is 48.5 Å². The molecule has 1 amide bonds. The van der Waals surface area contributed by atoms with E-state index in [-0.39, 0.29) is 6.61 Å². The maximum atomic E-state index is 12.2. The van der Waals surface area contributed by atoms with Crippen LogP contribution in [0.5, 0.6) is 0 Å². The van der Waals surface area contributed by atoms with Crippen molar-refractivity contribution >= 4 is 33.6 Å². The van der Waals surface area contributed by atoms with Gasteiger partial charge in [-0.3, -0.25) is 4.90 Å². The highest BCUT2D eigenvalue weighted by Crippen LogP contribution is 2.29. The van der Waals surface area contributed by atoms with E-state index >= 15 is 0 Å². The lowest BCUT2D eigenvalue weighted by molar-refractivity contribution is -0.146. The van der Waals surface area contributed by atoms with Crippen LogP contribution in [-0.4, -0.2) is 34.7 Å². The normalized spacial score (nSPS) is 16.6. The van der Waals surface area contributed by atoms with Crippen LogP contribution in [0.2, 0.25) is 0 Å². The van der Waals surface area contributed by atoms with Crippen molar-refractivity contribution in [3.05, 3.63) is 60.2 Å². The molecular formula is C20H17NO4. The van der Waals surface area contributed by atoms with E-state index in [1.54, 1.807) is 0 Å². The lowest BCUT2D eigenvalue weighted by atomic mass is 9.97. The van der Waals surface area contributed by atoms with Crippen LogP contribution in [0.4, 0.5) is 4.79 Å². The monoisotopic (exact) mass is 335 g/mol. The second kappa shape index (κ2) is 6.09. The van der Waals surface area contributed by atoms with Crippen LogP contribution in [0.15, 0.2) is 54.6 Å². The fourth-order valence-electron chi connectivity index (χ4n) is 3.34. The minimum atomic E-state index is -0.987. The average Bonchev–Trinajstić information content (AvgIpc) is 2.57. The topological polar surface area (TPSA) is 66.8 Å². The molecule has 1 N–H and O–H groups in total. The molecule has 0 aliphatic carbocycles. The maximum absolute atomic E-state index is 12.2. The first kappa shape index (κ1) is 15.4. The van der Waals surface area contributed by atoms with Gasteiger partial charge in [0.05, 0.1) is 0 Å². The number of ether oxygens (including phenoxy) is 1. The third kappa shape index (κ3) is 2.67. The molecule has 126 valence electrons. The number of hydrogen-bond donors (Lipinski definition) is 1. The number of fused-ring (bicyclic) bond motifs is 2. The Morgan fingerprint density at radius 3 is 2.16 bits per heavy atom. The van der Waals surface area contributed by atoms with Crippen LogP contribution >= 0.6 is 0 Å². The minimum absolute atomic E-state index is 0.115. The summed E-state index contributed by atoms with van der Waals surface area (Å²) >= 11 is 0. The number of carboxylic acids is 1. The van der Waals surface area contributed by atoms with Crippen LogP contribution in [0.3, 0.4) is 0 Å². The summed E-state index contributed by atoms with van der Waals surface area (Å²) in [6, 6.07) is 17.3. The molecule has 25 heavy (non-hydrogen) atoms. The molecule has 0 bridgehead atoms. The van der Waals surface area contributed by atoms with E-state index in [1.165, 1.54) is 4.90 Å². The van der Waals surface area contributed by atoms with Gasteiger partial charge in [0.25, 0.3) is 0 Å². The zero-order valence-corrected chi connectivity index (χ0v) is 13.5. The predicted molar refractivity (Wildman–Crippen MR) is 94.4 cm³/mol. The number of carboxylic acid groups (broad SMARTS) is 1. The van der Waals surface area contributed by atoms with Crippen molar-refractivity contribution in [3.63, 3.8) is 0 Å². The fraction of sp³-hybridized carbons (Fsp3) is 0.200. The summed E-state index contributed by atoms with van der Waals surface area (Å²) in [5.74, 6) is -0.987. The first-order valence-corrected chi connectivity index (χ1v) is 8.21. The van der Waals surface area contributed by atoms with Gasteiger partial charge >= 0.3 is 12.1 Å². The number of benzene rings is 3. The zero-order chi connectivity index (χ0) is 17.4. The number of rotatable bonds is 3. The Hall–Kier alpha value is -3.08. The molecule has 4 rings (SSSR count). The Bertz CT molecular complexity index is 928. The van der Waals surface area contributed by atoms with Gasteiger partial charge in [-0.2, -0.15) is 0 Å². The average molecular weight is 335 g/mol. The Kier molecular flexibility index (Phi) is 3.76. The molecule has 0 aromatic heterocycles. The highest BCUT2D eigenvalue weighted by atomic mass is 16.6. The number of nitrogens with zero attached hydrogens (tertiary/aromatic N) is 1. The number of amides is 1. The first-order chi connectivity index (χ1) is 12.1. The molecular weight excluding hydrogens is 318 g/mol. The SMILES string of the molecule is O=C(O)C1CCN1C(=O)OCc1c2ccccc2cc2ccccc12. The van der Waals surface area contributed by atoms with E-state index in [2.05, 4.69) is 6.07 Å². The van der Waals surface area contributed by atoms with Crippen molar-refractivity contribution in [2.75, 3.05) is 6.54 Å². The van der Waals surface area contributed by atoms with Gasteiger partial charge in [-0.05, 0) is 34.0 Å². The molecule has 3 aromatic carbocycles. The molecule has 1 aliphatic rings. The van der Waals surface area contributed by atoms with Gasteiger partial charge in [0.15, 0.2) is 0 Å². The van der Waals surface area contributed by atoms with Gasteiger partial charge in [-0.25, -0.2) is 9.59 Å². The molecule has 5 nitrogen and oxygen atoms in total. The van der Waals surface area contributed by atoms with Gasteiger partial charge in [0.2, 0.25) is 0 Å². The minimum Gasteiger partial charge on any atom is -0.480 e. The maximum Gasteiger partial charge on any atom is 0.410 e. The van der Waals surface area contributed by atoms with E-state index in [0.717, 1.165) is 27.1 Å². The van der Waals surface area contributed by atoms with E-state index in [1.807, 2.05) is 48.5 Å². The Balaban J connectivity index is 1.66. The van der Waals surface area contributed by atoms with Gasteiger partial charge in [-0.15, -0.1) is 0 Å². The van der Waals surface area contributed by atoms with Crippen LogP contribution in [-0.2, 0) is 16.1 Å². The summed E-state index contributed by atoms with van der Waals surface area (Å²) < 4.78 is 5.45. The molecule has 1 heterocycles. The van der Waals surface area contributed by atoms with Crippen molar-refractivity contribution in [2.24, 2.45) is 0 Å². The standard InChI is InChI=1S/C20H17NO4/c22-19(23)18-9-10-21(18)20(24)25-12-17-15-7-3-1-5-13(15)11-14-6-2-4-8-16(14)17/h1-8,11,18H,9-10,12H2,(H,22,23). The van der Waals surface area contributed by atoms with Crippen LogP contribution in [0, 0.1) is 0 Å². The third-order valence-electron chi connectivity index (χ3n) is 4.76. The van der Waals surface area contributed by atoms with Gasteiger partial charge in [0.1, 0.15) is 12.6 Å². The van der Waals surface area contributed by atoms with Crippen molar-refractivity contribution in [2.45, 2.75) is 19.1 Å². The number of aliphatic carboxylic acids is 1. The Labute approximate surface area is 144 Å². The van der Waals surface area contributed by atoms with Gasteiger partial charge < -0.3 is 9.84 Å². The molecule has 1 saturated heterocycles. The van der Waals surface area contributed by atoms with E-state index in [4.69, 9.17) is 9.84 Å². The fourth-order valence-corrected chi connectivity index (χ4v) is 3.34. The second-order valence-corrected chi connectivity index (χ2v) is 6.19. The van der Waals surface area contributed by atoms with Crippen LogP contribution in [0.25, 0.3) is 21.5 Å². The van der Waals surface area contributed by atoms with Crippen molar-refractivity contribution in [1.82, 2.24) is 4.90 Å². The predicted octanol–water partition coefficient (Wildman–Crippen LogP) is 3.79. The van der Waals surface area contributed by atoms with Crippen molar-refractivity contribution < 1.29 is 19.4 Å². The van der Waals surface area contributed by atoms with Crippen LogP contribution in [0.1, 0.15) is 12.0 Å². The third-order valence-corrected chi connectivity index (χ3v) is 4.76. The largest absolute Gasteiger partial charge is 0.480 e. The molecule has 5 heteroatoms. The highest BCUT2D eigenvalue weighted by Gasteiger charge is 2.38. The summed E-state index contributed by atoms with van der Waals surface area (Å²) in [4.78, 5) is 24.6.